The SMILES string of the molecule is C[C@H]1CC[C@@H]2CC=C[C@@H]3CCO[C@@]1(O)[C@@H]23. The average Bonchev–Trinajstić information content (AvgIpc) is 2.24. The minimum absolute atomic E-state index is 0.299. The van der Waals surface area contributed by atoms with Crippen LogP contribution in [0.1, 0.15) is 32.6 Å². The normalized spacial score (nSPS) is 53.7. The fourth-order valence-corrected chi connectivity index (χ4v) is 3.86. The van der Waals surface area contributed by atoms with Crippen LogP contribution < -0.4 is 0 Å². The van der Waals surface area contributed by atoms with Gasteiger partial charge in [-0.3, -0.25) is 0 Å². The Morgan fingerprint density at radius 2 is 2.20 bits per heavy atom. The van der Waals surface area contributed by atoms with Crippen molar-refractivity contribution in [2.24, 2.45) is 23.7 Å². The fraction of sp³-hybridized carbons (Fsp3) is 0.846. The molecule has 1 aliphatic heterocycles. The summed E-state index contributed by atoms with van der Waals surface area (Å²) in [5.41, 5.74) is 0. The van der Waals surface area contributed by atoms with Crippen molar-refractivity contribution in [2.45, 2.75) is 38.4 Å². The first kappa shape index (κ1) is 9.86. The lowest BCUT2D eigenvalue weighted by Gasteiger charge is -2.54. The maximum atomic E-state index is 10.7. The highest BCUT2D eigenvalue weighted by Gasteiger charge is 2.54. The predicted octanol–water partition coefficient (Wildman–Crippen LogP) is 2.33. The second kappa shape index (κ2) is 3.33. The van der Waals surface area contributed by atoms with E-state index in [1.54, 1.807) is 0 Å². The molecule has 15 heavy (non-hydrogen) atoms. The van der Waals surface area contributed by atoms with Crippen LogP contribution in [0.5, 0.6) is 0 Å². The smallest absolute Gasteiger partial charge is 0.171 e. The molecule has 0 amide bonds. The van der Waals surface area contributed by atoms with E-state index in [0.29, 0.717) is 23.7 Å². The molecule has 84 valence electrons. The van der Waals surface area contributed by atoms with Crippen LogP contribution in [0.25, 0.3) is 0 Å². The van der Waals surface area contributed by atoms with Crippen LogP contribution in [-0.2, 0) is 4.74 Å². The van der Waals surface area contributed by atoms with Gasteiger partial charge in [0.05, 0.1) is 6.61 Å². The van der Waals surface area contributed by atoms with Gasteiger partial charge in [0.15, 0.2) is 5.79 Å². The first-order valence-corrected chi connectivity index (χ1v) is 6.25. The van der Waals surface area contributed by atoms with Crippen molar-refractivity contribution in [1.82, 2.24) is 0 Å². The molecule has 2 aliphatic carbocycles. The lowest BCUT2D eigenvalue weighted by atomic mass is 9.60. The molecule has 0 bridgehead atoms. The quantitative estimate of drug-likeness (QED) is 0.619. The van der Waals surface area contributed by atoms with Crippen molar-refractivity contribution in [3.63, 3.8) is 0 Å². The monoisotopic (exact) mass is 208 g/mol. The largest absolute Gasteiger partial charge is 0.365 e. The van der Waals surface area contributed by atoms with E-state index in [1.165, 1.54) is 6.42 Å². The fourth-order valence-electron chi connectivity index (χ4n) is 3.86. The Kier molecular flexibility index (Phi) is 2.18. The molecule has 0 aromatic heterocycles. The summed E-state index contributed by atoms with van der Waals surface area (Å²) in [5.74, 6) is 1.05. The zero-order valence-electron chi connectivity index (χ0n) is 9.36. The van der Waals surface area contributed by atoms with Gasteiger partial charge in [0, 0.05) is 11.8 Å². The third-order valence-electron chi connectivity index (χ3n) is 4.73. The Labute approximate surface area is 91.3 Å². The zero-order chi connectivity index (χ0) is 10.5. The molecule has 2 nitrogen and oxygen atoms in total. The lowest BCUT2D eigenvalue weighted by molar-refractivity contribution is -0.316. The third kappa shape index (κ3) is 1.31. The average molecular weight is 208 g/mol. The molecule has 0 radical (unpaired) electrons. The van der Waals surface area contributed by atoms with E-state index >= 15 is 0 Å². The van der Waals surface area contributed by atoms with Gasteiger partial charge in [0.25, 0.3) is 0 Å². The van der Waals surface area contributed by atoms with E-state index in [9.17, 15) is 5.11 Å². The van der Waals surface area contributed by atoms with E-state index < -0.39 is 5.79 Å². The van der Waals surface area contributed by atoms with Crippen LogP contribution >= 0.6 is 0 Å². The van der Waals surface area contributed by atoms with Gasteiger partial charge in [-0.2, -0.15) is 0 Å². The minimum atomic E-state index is -0.823. The van der Waals surface area contributed by atoms with Crippen LogP contribution in [-0.4, -0.2) is 17.5 Å². The van der Waals surface area contributed by atoms with E-state index in [4.69, 9.17) is 4.74 Å². The molecule has 0 unspecified atom stereocenters. The molecule has 2 fully saturated rings. The van der Waals surface area contributed by atoms with Crippen LogP contribution in [0.4, 0.5) is 0 Å². The first-order chi connectivity index (χ1) is 7.22. The van der Waals surface area contributed by atoms with Gasteiger partial charge in [0.1, 0.15) is 0 Å². The van der Waals surface area contributed by atoms with Crippen molar-refractivity contribution in [3.8, 4) is 0 Å². The Morgan fingerprint density at radius 1 is 1.33 bits per heavy atom. The zero-order valence-corrected chi connectivity index (χ0v) is 9.36. The Bertz CT molecular complexity index is 286. The van der Waals surface area contributed by atoms with Gasteiger partial charge >= 0.3 is 0 Å². The molecule has 0 spiro atoms. The Hall–Kier alpha value is -0.340. The van der Waals surface area contributed by atoms with E-state index in [1.807, 2.05) is 0 Å². The highest BCUT2D eigenvalue weighted by atomic mass is 16.6. The van der Waals surface area contributed by atoms with Crippen LogP contribution in [0, 0.1) is 23.7 Å². The molecule has 0 aromatic carbocycles. The minimum Gasteiger partial charge on any atom is -0.365 e. The maximum absolute atomic E-state index is 10.7. The van der Waals surface area contributed by atoms with Crippen molar-refractivity contribution in [1.29, 1.82) is 0 Å². The summed E-state index contributed by atoms with van der Waals surface area (Å²) in [4.78, 5) is 0. The summed E-state index contributed by atoms with van der Waals surface area (Å²) in [6.45, 7) is 2.86. The second-order valence-corrected chi connectivity index (χ2v) is 5.48. The topological polar surface area (TPSA) is 29.5 Å². The van der Waals surface area contributed by atoms with Gasteiger partial charge in [-0.05, 0) is 37.5 Å². The highest BCUT2D eigenvalue weighted by Crippen LogP contribution is 2.52. The molecular weight excluding hydrogens is 188 g/mol. The lowest BCUT2D eigenvalue weighted by Crippen LogP contribution is -2.58. The Balaban J connectivity index is 1.98. The summed E-state index contributed by atoms with van der Waals surface area (Å²) >= 11 is 0. The van der Waals surface area contributed by atoms with Gasteiger partial charge in [-0.1, -0.05) is 19.1 Å². The van der Waals surface area contributed by atoms with Crippen LogP contribution in [0.15, 0.2) is 12.2 Å². The van der Waals surface area contributed by atoms with Crippen molar-refractivity contribution >= 4 is 0 Å². The molecule has 3 aliphatic rings. The molecule has 1 heterocycles. The van der Waals surface area contributed by atoms with Crippen LogP contribution in [0.2, 0.25) is 0 Å². The summed E-state index contributed by atoms with van der Waals surface area (Å²) in [5, 5.41) is 10.7. The Morgan fingerprint density at radius 3 is 3.07 bits per heavy atom. The highest BCUT2D eigenvalue weighted by molar-refractivity contribution is 5.09. The predicted molar refractivity (Wildman–Crippen MR) is 58.1 cm³/mol. The van der Waals surface area contributed by atoms with Gasteiger partial charge in [-0.15, -0.1) is 0 Å². The third-order valence-corrected chi connectivity index (χ3v) is 4.73. The molecule has 5 atom stereocenters. The first-order valence-electron chi connectivity index (χ1n) is 6.25. The molecular formula is C13H20O2. The van der Waals surface area contributed by atoms with Gasteiger partial charge in [0.2, 0.25) is 0 Å². The number of hydrogen-bond donors (Lipinski definition) is 1. The number of allylic oxidation sites excluding steroid dienone is 2. The summed E-state index contributed by atoms with van der Waals surface area (Å²) in [7, 11) is 0. The molecule has 3 rings (SSSR count). The molecule has 0 aromatic rings. The standard InChI is InChI=1S/C13H20O2/c1-9-5-6-10-3-2-4-11-7-8-15-13(9,14)12(10)11/h2,4,9-12,14H,3,5-8H2,1H3/t9-,10-,11+,12-,13+/m0/s1. The van der Waals surface area contributed by atoms with Gasteiger partial charge in [-0.25, -0.2) is 0 Å². The maximum Gasteiger partial charge on any atom is 0.171 e. The van der Waals surface area contributed by atoms with Crippen LogP contribution in [0.3, 0.4) is 0 Å². The van der Waals surface area contributed by atoms with E-state index in [-0.39, 0.29) is 0 Å². The number of hydrogen-bond acceptors (Lipinski definition) is 2. The number of ether oxygens (including phenoxy) is 1. The summed E-state index contributed by atoms with van der Waals surface area (Å²) in [6, 6.07) is 0. The van der Waals surface area contributed by atoms with E-state index in [0.717, 1.165) is 25.9 Å². The second-order valence-electron chi connectivity index (χ2n) is 5.48. The van der Waals surface area contributed by atoms with E-state index in [2.05, 4.69) is 19.1 Å². The number of aliphatic hydroxyl groups is 1. The number of rotatable bonds is 0. The summed E-state index contributed by atoms with van der Waals surface area (Å²) in [6.07, 6.45) is 9.23. The van der Waals surface area contributed by atoms with Gasteiger partial charge < -0.3 is 9.84 Å². The van der Waals surface area contributed by atoms with Crippen molar-refractivity contribution in [2.75, 3.05) is 6.61 Å². The summed E-state index contributed by atoms with van der Waals surface area (Å²) < 4.78 is 5.74. The molecule has 1 saturated heterocycles. The molecule has 2 heteroatoms. The molecule has 1 N–H and O–H groups in total. The molecule has 1 saturated carbocycles. The van der Waals surface area contributed by atoms with Crippen molar-refractivity contribution < 1.29 is 9.84 Å². The van der Waals surface area contributed by atoms with Crippen molar-refractivity contribution in [3.05, 3.63) is 12.2 Å².